The fourth-order valence-corrected chi connectivity index (χ4v) is 2.70. The number of carbonyl (C=O) groups is 1. The minimum atomic E-state index is -0.640. The molecule has 8 heteroatoms. The quantitative estimate of drug-likeness (QED) is 0.420. The van der Waals surface area contributed by atoms with Crippen molar-refractivity contribution in [1.29, 1.82) is 0 Å². The number of carbonyl (C=O) groups excluding carboxylic acids is 1. The summed E-state index contributed by atoms with van der Waals surface area (Å²) in [5.74, 6) is -0.607. The topological polar surface area (TPSA) is 102 Å². The van der Waals surface area contributed by atoms with Crippen LogP contribution >= 0.6 is 23.2 Å². The van der Waals surface area contributed by atoms with Crippen LogP contribution in [0.1, 0.15) is 16.1 Å². The van der Waals surface area contributed by atoms with Gasteiger partial charge in [-0.15, -0.1) is 0 Å². The molecule has 23 heavy (non-hydrogen) atoms. The molecule has 2 aromatic carbocycles. The second-order valence-electron chi connectivity index (χ2n) is 4.85. The summed E-state index contributed by atoms with van der Waals surface area (Å²) < 4.78 is 0. The first-order valence-corrected chi connectivity index (χ1v) is 7.19. The van der Waals surface area contributed by atoms with Crippen LogP contribution in [0, 0.1) is 10.1 Å². The second-order valence-corrected chi connectivity index (χ2v) is 5.72. The first kappa shape index (κ1) is 15.3. The third kappa shape index (κ3) is 2.62. The Morgan fingerprint density at radius 1 is 1.13 bits per heavy atom. The highest BCUT2D eigenvalue weighted by Crippen LogP contribution is 2.31. The number of nitrogen functional groups attached to an aromatic ring is 1. The predicted octanol–water partition coefficient (Wildman–Crippen LogP) is 4.20. The van der Waals surface area contributed by atoms with E-state index in [2.05, 4.69) is 4.98 Å². The molecular weight excluding hydrogens is 341 g/mol. The molecule has 0 saturated carbocycles. The second kappa shape index (κ2) is 5.57. The van der Waals surface area contributed by atoms with E-state index >= 15 is 0 Å². The number of nitro groups is 1. The van der Waals surface area contributed by atoms with Gasteiger partial charge in [0.15, 0.2) is 0 Å². The van der Waals surface area contributed by atoms with Gasteiger partial charge in [-0.05, 0) is 30.3 Å². The Morgan fingerprint density at radius 3 is 2.48 bits per heavy atom. The first-order valence-electron chi connectivity index (χ1n) is 6.44. The number of nitrogens with one attached hydrogen (secondary N) is 1. The van der Waals surface area contributed by atoms with Gasteiger partial charge in [0.05, 0.1) is 10.6 Å². The summed E-state index contributed by atoms with van der Waals surface area (Å²) in [6.45, 7) is 0. The number of halogens is 2. The Balaban J connectivity index is 2.20. The van der Waals surface area contributed by atoms with E-state index in [9.17, 15) is 14.9 Å². The molecule has 3 aromatic rings. The summed E-state index contributed by atoms with van der Waals surface area (Å²) in [6, 6.07) is 8.73. The van der Waals surface area contributed by atoms with Crippen LogP contribution in [0.5, 0.6) is 0 Å². The van der Waals surface area contributed by atoms with Crippen molar-refractivity contribution in [2.24, 2.45) is 0 Å². The van der Waals surface area contributed by atoms with Crippen molar-refractivity contribution >= 4 is 51.3 Å². The molecule has 116 valence electrons. The number of anilines is 1. The molecule has 0 atom stereocenters. The molecule has 1 aromatic heterocycles. The van der Waals surface area contributed by atoms with E-state index in [1.165, 1.54) is 18.2 Å². The van der Waals surface area contributed by atoms with Gasteiger partial charge in [-0.25, -0.2) is 0 Å². The van der Waals surface area contributed by atoms with E-state index < -0.39 is 10.7 Å². The number of H-pyrrole nitrogens is 1. The molecule has 0 aliphatic carbocycles. The molecule has 3 N–H and O–H groups in total. The summed E-state index contributed by atoms with van der Waals surface area (Å²) in [6.07, 6.45) is 0. The molecule has 0 fully saturated rings. The number of hydrogen-bond donors (Lipinski definition) is 2. The van der Waals surface area contributed by atoms with Gasteiger partial charge in [0.25, 0.3) is 5.69 Å². The normalized spacial score (nSPS) is 10.9. The lowest BCUT2D eigenvalue weighted by Crippen LogP contribution is -2.08. The molecule has 0 saturated heterocycles. The van der Waals surface area contributed by atoms with Crippen LogP contribution < -0.4 is 5.73 Å². The monoisotopic (exact) mass is 349 g/mol. The van der Waals surface area contributed by atoms with Gasteiger partial charge in [0.1, 0.15) is 11.3 Å². The summed E-state index contributed by atoms with van der Waals surface area (Å²) >= 11 is 11.8. The number of nitrogens with zero attached hydrogens (tertiary/aromatic N) is 1. The predicted molar refractivity (Wildman–Crippen MR) is 89.3 cm³/mol. The standard InChI is InChI=1S/C15H9Cl2N3O3/c16-7-2-4-12(20(22)23)10(5-7)15(21)14-13(18)9-3-1-8(17)6-11(9)19-14/h1-6,19H,18H2. The average molecular weight is 350 g/mol. The molecule has 0 aliphatic heterocycles. The molecule has 0 spiro atoms. The SMILES string of the molecule is Nc1c(C(=O)c2cc(Cl)ccc2[N+](=O)[O-])[nH]c2cc(Cl)ccc12. The smallest absolute Gasteiger partial charge is 0.280 e. The molecule has 0 amide bonds. The zero-order valence-electron chi connectivity index (χ0n) is 11.5. The lowest BCUT2D eigenvalue weighted by Gasteiger charge is -2.03. The average Bonchev–Trinajstić information content (AvgIpc) is 2.82. The third-order valence-corrected chi connectivity index (χ3v) is 3.90. The van der Waals surface area contributed by atoms with E-state index in [1.54, 1.807) is 18.2 Å². The van der Waals surface area contributed by atoms with Crippen molar-refractivity contribution in [1.82, 2.24) is 4.98 Å². The molecular formula is C15H9Cl2N3O3. The van der Waals surface area contributed by atoms with Crippen LogP contribution in [0.3, 0.4) is 0 Å². The van der Waals surface area contributed by atoms with Gasteiger partial charge in [-0.2, -0.15) is 0 Å². The number of hydrogen-bond acceptors (Lipinski definition) is 4. The zero-order valence-corrected chi connectivity index (χ0v) is 13.0. The summed E-state index contributed by atoms with van der Waals surface area (Å²) in [7, 11) is 0. The van der Waals surface area contributed by atoms with Crippen molar-refractivity contribution in [3.63, 3.8) is 0 Å². The van der Waals surface area contributed by atoms with Crippen molar-refractivity contribution in [3.05, 3.63) is 67.8 Å². The van der Waals surface area contributed by atoms with E-state index in [4.69, 9.17) is 28.9 Å². The Kier molecular flexibility index (Phi) is 3.71. The van der Waals surface area contributed by atoms with Gasteiger partial charge < -0.3 is 10.7 Å². The molecule has 1 heterocycles. The molecule has 6 nitrogen and oxygen atoms in total. The highest BCUT2D eigenvalue weighted by Gasteiger charge is 2.25. The maximum atomic E-state index is 12.7. The van der Waals surface area contributed by atoms with Crippen molar-refractivity contribution in [3.8, 4) is 0 Å². The van der Waals surface area contributed by atoms with E-state index in [0.29, 0.717) is 15.9 Å². The van der Waals surface area contributed by atoms with Gasteiger partial charge in [0.2, 0.25) is 5.78 Å². The summed E-state index contributed by atoms with van der Waals surface area (Å²) in [5, 5.41) is 12.4. The van der Waals surface area contributed by atoms with Gasteiger partial charge in [-0.1, -0.05) is 23.2 Å². The van der Waals surface area contributed by atoms with Gasteiger partial charge >= 0.3 is 0 Å². The number of nitrogens with two attached hydrogens (primary N) is 1. The Hall–Kier alpha value is -2.57. The largest absolute Gasteiger partial charge is 0.396 e. The highest BCUT2D eigenvalue weighted by molar-refractivity contribution is 6.32. The number of aromatic amines is 1. The van der Waals surface area contributed by atoms with Crippen molar-refractivity contribution in [2.75, 3.05) is 5.73 Å². The maximum Gasteiger partial charge on any atom is 0.280 e. The lowest BCUT2D eigenvalue weighted by molar-refractivity contribution is -0.385. The maximum absolute atomic E-state index is 12.7. The number of aromatic nitrogens is 1. The Morgan fingerprint density at radius 2 is 1.78 bits per heavy atom. The molecule has 3 rings (SSSR count). The van der Waals surface area contributed by atoms with Crippen LogP contribution in [0.4, 0.5) is 11.4 Å². The minimum Gasteiger partial charge on any atom is -0.396 e. The number of nitro benzene ring substituents is 1. The molecule has 0 radical (unpaired) electrons. The van der Waals surface area contributed by atoms with Crippen LogP contribution in [-0.2, 0) is 0 Å². The Bertz CT molecular complexity index is 966. The van der Waals surface area contributed by atoms with Crippen LogP contribution in [0.15, 0.2) is 36.4 Å². The third-order valence-electron chi connectivity index (χ3n) is 3.43. The summed E-state index contributed by atoms with van der Waals surface area (Å²) in [4.78, 5) is 26.0. The number of fused-ring (bicyclic) bond motifs is 1. The van der Waals surface area contributed by atoms with Crippen molar-refractivity contribution < 1.29 is 9.72 Å². The number of benzene rings is 2. The molecule has 0 bridgehead atoms. The van der Waals surface area contributed by atoms with Crippen LogP contribution in [0.25, 0.3) is 10.9 Å². The first-order chi connectivity index (χ1) is 10.9. The Labute approximate surface area is 140 Å². The zero-order chi connectivity index (χ0) is 16.7. The number of ketones is 1. The van der Waals surface area contributed by atoms with Gasteiger partial charge in [-0.3, -0.25) is 14.9 Å². The van der Waals surface area contributed by atoms with Crippen molar-refractivity contribution in [2.45, 2.75) is 0 Å². The van der Waals surface area contributed by atoms with Crippen LogP contribution in [-0.4, -0.2) is 15.7 Å². The summed E-state index contributed by atoms with van der Waals surface area (Å²) in [5.41, 5.74) is 6.36. The van der Waals surface area contributed by atoms with E-state index in [1.807, 2.05) is 0 Å². The van der Waals surface area contributed by atoms with E-state index in [-0.39, 0.29) is 27.7 Å². The fourth-order valence-electron chi connectivity index (χ4n) is 2.35. The molecule has 0 aliphatic rings. The highest BCUT2D eigenvalue weighted by atomic mass is 35.5. The van der Waals surface area contributed by atoms with Gasteiger partial charge in [0, 0.05) is 27.0 Å². The van der Waals surface area contributed by atoms with Crippen LogP contribution in [0.2, 0.25) is 10.0 Å². The fraction of sp³-hybridized carbons (Fsp3) is 0. The minimum absolute atomic E-state index is 0.0626. The molecule has 0 unspecified atom stereocenters. The van der Waals surface area contributed by atoms with E-state index in [0.717, 1.165) is 0 Å². The lowest BCUT2D eigenvalue weighted by atomic mass is 10.0. The number of rotatable bonds is 3.